The van der Waals surface area contributed by atoms with E-state index in [1.807, 2.05) is 0 Å². The highest BCUT2D eigenvalue weighted by molar-refractivity contribution is 5.69. The van der Waals surface area contributed by atoms with E-state index in [4.69, 9.17) is 5.11 Å². The molecule has 106 valence electrons. The van der Waals surface area contributed by atoms with Gasteiger partial charge >= 0.3 is 5.97 Å². The normalized spacial score (nSPS) is 12.6. The molecule has 2 nitrogen and oxygen atoms in total. The van der Waals surface area contributed by atoms with Crippen molar-refractivity contribution in [1.29, 1.82) is 0 Å². The molecule has 0 fully saturated rings. The number of alkyl halides is 1. The molecular formula is C14H17F3O2. The molecule has 0 saturated carbocycles. The van der Waals surface area contributed by atoms with Gasteiger partial charge in [-0.3, -0.25) is 4.79 Å². The van der Waals surface area contributed by atoms with E-state index < -0.39 is 28.7 Å². The highest BCUT2D eigenvalue weighted by Crippen LogP contribution is 2.35. The maximum Gasteiger partial charge on any atom is 0.304 e. The Morgan fingerprint density at radius 3 is 2.16 bits per heavy atom. The lowest BCUT2D eigenvalue weighted by Crippen LogP contribution is -2.25. The van der Waals surface area contributed by atoms with Gasteiger partial charge < -0.3 is 5.11 Å². The fourth-order valence-corrected chi connectivity index (χ4v) is 1.90. The van der Waals surface area contributed by atoms with E-state index in [0.717, 1.165) is 6.07 Å². The van der Waals surface area contributed by atoms with E-state index in [0.29, 0.717) is 0 Å². The van der Waals surface area contributed by atoms with E-state index in [1.54, 1.807) is 0 Å². The average molecular weight is 274 g/mol. The molecule has 0 radical (unpaired) electrons. The third kappa shape index (κ3) is 3.49. The van der Waals surface area contributed by atoms with Crippen molar-refractivity contribution in [3.05, 3.63) is 34.9 Å². The summed E-state index contributed by atoms with van der Waals surface area (Å²) in [4.78, 5) is 10.8. The van der Waals surface area contributed by atoms with Crippen molar-refractivity contribution in [2.45, 2.75) is 45.2 Å². The summed E-state index contributed by atoms with van der Waals surface area (Å²) in [6.45, 7) is 5.42. The van der Waals surface area contributed by atoms with Crippen LogP contribution in [0.5, 0.6) is 0 Å². The number of hydrogen-bond acceptors (Lipinski definition) is 1. The fraction of sp³-hybridized carbons (Fsp3) is 0.500. The van der Waals surface area contributed by atoms with Crippen LogP contribution in [0.4, 0.5) is 13.2 Å². The molecule has 0 aliphatic carbocycles. The standard InChI is InChI=1S/C14H17F3O2/c1-13(2,7-11(18)19)9-5-8(14(3,4)17)6-10(15)12(9)16/h5-6H,7H2,1-4H3,(H,18,19). The lowest BCUT2D eigenvalue weighted by molar-refractivity contribution is -0.138. The Morgan fingerprint density at radius 1 is 1.21 bits per heavy atom. The molecule has 0 spiro atoms. The summed E-state index contributed by atoms with van der Waals surface area (Å²) in [6.07, 6.45) is -0.375. The van der Waals surface area contributed by atoms with Crippen molar-refractivity contribution in [3.8, 4) is 0 Å². The third-order valence-electron chi connectivity index (χ3n) is 3.04. The topological polar surface area (TPSA) is 37.3 Å². The Morgan fingerprint density at radius 2 is 1.74 bits per heavy atom. The molecule has 1 N–H and O–H groups in total. The van der Waals surface area contributed by atoms with Crippen LogP contribution in [0, 0.1) is 11.6 Å². The minimum atomic E-state index is -1.83. The van der Waals surface area contributed by atoms with Crippen LogP contribution in [0.25, 0.3) is 0 Å². The predicted octanol–water partition coefficient (Wildman–Crippen LogP) is 3.92. The second-order valence-corrected chi connectivity index (χ2v) is 5.75. The van der Waals surface area contributed by atoms with Crippen molar-refractivity contribution >= 4 is 5.97 Å². The largest absolute Gasteiger partial charge is 0.481 e. The smallest absolute Gasteiger partial charge is 0.304 e. The molecular weight excluding hydrogens is 257 g/mol. The van der Waals surface area contributed by atoms with Crippen LogP contribution in [0.2, 0.25) is 0 Å². The van der Waals surface area contributed by atoms with Crippen LogP contribution in [0.15, 0.2) is 12.1 Å². The van der Waals surface area contributed by atoms with Gasteiger partial charge in [-0.05, 0) is 37.1 Å². The van der Waals surface area contributed by atoms with Gasteiger partial charge in [0.1, 0.15) is 5.67 Å². The zero-order valence-corrected chi connectivity index (χ0v) is 11.4. The Hall–Kier alpha value is -1.52. The number of halogens is 3. The molecule has 19 heavy (non-hydrogen) atoms. The first-order chi connectivity index (χ1) is 8.45. The number of aliphatic carboxylic acids is 1. The van der Waals surface area contributed by atoms with Gasteiger partial charge in [0.05, 0.1) is 6.42 Å². The molecule has 0 aliphatic rings. The molecule has 1 rings (SSSR count). The first-order valence-electron chi connectivity index (χ1n) is 5.86. The second kappa shape index (κ2) is 4.87. The molecule has 0 aliphatic heterocycles. The van der Waals surface area contributed by atoms with Gasteiger partial charge in [0.15, 0.2) is 11.6 Å². The van der Waals surface area contributed by atoms with Gasteiger partial charge in [-0.15, -0.1) is 0 Å². The number of rotatable bonds is 4. The van der Waals surface area contributed by atoms with E-state index in [2.05, 4.69) is 0 Å². The van der Waals surface area contributed by atoms with Gasteiger partial charge in [0.25, 0.3) is 0 Å². The van der Waals surface area contributed by atoms with Crippen LogP contribution < -0.4 is 0 Å². The molecule has 0 heterocycles. The molecule has 0 bridgehead atoms. The summed E-state index contributed by atoms with van der Waals surface area (Å²) in [6, 6.07) is 2.00. The Labute approximate surface area is 110 Å². The zero-order valence-electron chi connectivity index (χ0n) is 11.4. The summed E-state index contributed by atoms with van der Waals surface area (Å²) < 4.78 is 41.2. The highest BCUT2D eigenvalue weighted by Gasteiger charge is 2.31. The lowest BCUT2D eigenvalue weighted by atomic mass is 9.79. The van der Waals surface area contributed by atoms with Gasteiger partial charge in [-0.25, -0.2) is 13.2 Å². The van der Waals surface area contributed by atoms with Crippen LogP contribution in [0.1, 0.15) is 45.2 Å². The summed E-state index contributed by atoms with van der Waals surface area (Å²) >= 11 is 0. The molecule has 0 unspecified atom stereocenters. The summed E-state index contributed by atoms with van der Waals surface area (Å²) in [7, 11) is 0. The van der Waals surface area contributed by atoms with Crippen molar-refractivity contribution < 1.29 is 23.1 Å². The molecule has 0 aromatic heterocycles. The van der Waals surface area contributed by atoms with Gasteiger partial charge in [-0.1, -0.05) is 13.8 Å². The van der Waals surface area contributed by atoms with E-state index in [-0.39, 0.29) is 17.5 Å². The van der Waals surface area contributed by atoms with Crippen LogP contribution >= 0.6 is 0 Å². The van der Waals surface area contributed by atoms with Gasteiger partial charge in [-0.2, -0.15) is 0 Å². The Balaban J connectivity index is 3.42. The summed E-state index contributed by atoms with van der Waals surface area (Å²) in [5, 5.41) is 8.81. The van der Waals surface area contributed by atoms with Crippen molar-refractivity contribution in [2.24, 2.45) is 0 Å². The van der Waals surface area contributed by atoms with Gasteiger partial charge in [0.2, 0.25) is 0 Å². The van der Waals surface area contributed by atoms with E-state index in [1.165, 1.54) is 33.8 Å². The number of carbonyl (C=O) groups is 1. The van der Waals surface area contributed by atoms with Crippen LogP contribution in [-0.2, 0) is 15.9 Å². The minimum absolute atomic E-state index is 0.0140. The molecule has 1 aromatic carbocycles. The van der Waals surface area contributed by atoms with Crippen molar-refractivity contribution in [1.82, 2.24) is 0 Å². The molecule has 0 atom stereocenters. The third-order valence-corrected chi connectivity index (χ3v) is 3.04. The summed E-state index contributed by atoms with van der Waals surface area (Å²) in [5.41, 5.74) is -3.10. The first kappa shape index (κ1) is 15.5. The highest BCUT2D eigenvalue weighted by atomic mass is 19.2. The molecule has 1 aromatic rings. The molecule has 0 saturated heterocycles. The molecule has 0 amide bonds. The second-order valence-electron chi connectivity index (χ2n) is 5.75. The first-order valence-corrected chi connectivity index (χ1v) is 5.86. The van der Waals surface area contributed by atoms with E-state index >= 15 is 0 Å². The summed E-state index contributed by atoms with van der Waals surface area (Å²) in [5.74, 6) is -3.43. The monoisotopic (exact) mass is 274 g/mol. The van der Waals surface area contributed by atoms with Gasteiger partial charge in [0, 0.05) is 5.41 Å². The van der Waals surface area contributed by atoms with Crippen molar-refractivity contribution in [3.63, 3.8) is 0 Å². The van der Waals surface area contributed by atoms with E-state index in [9.17, 15) is 18.0 Å². The Bertz CT molecular complexity index is 502. The number of hydrogen-bond donors (Lipinski definition) is 1. The Kier molecular flexibility index (Phi) is 3.98. The van der Waals surface area contributed by atoms with Crippen LogP contribution in [0.3, 0.4) is 0 Å². The number of carboxylic acid groups (broad SMARTS) is 1. The maximum atomic E-state index is 13.9. The molecule has 5 heteroatoms. The predicted molar refractivity (Wildman–Crippen MR) is 65.8 cm³/mol. The quantitative estimate of drug-likeness (QED) is 0.903. The number of benzene rings is 1. The average Bonchev–Trinajstić information content (AvgIpc) is 2.17. The maximum absolute atomic E-state index is 13.9. The fourth-order valence-electron chi connectivity index (χ4n) is 1.90. The van der Waals surface area contributed by atoms with Crippen LogP contribution in [-0.4, -0.2) is 11.1 Å². The SMILES string of the molecule is CC(C)(F)c1cc(F)c(F)c(C(C)(C)CC(=O)O)c1. The minimum Gasteiger partial charge on any atom is -0.481 e. The number of carboxylic acids is 1. The zero-order chi connectivity index (χ0) is 15.0. The van der Waals surface area contributed by atoms with Crippen molar-refractivity contribution in [2.75, 3.05) is 0 Å². The lowest BCUT2D eigenvalue weighted by Gasteiger charge is -2.26.